The zero-order valence-electron chi connectivity index (χ0n) is 15.0. The van der Waals surface area contributed by atoms with Crippen LogP contribution >= 0.6 is 0 Å². The fourth-order valence-corrected chi connectivity index (χ4v) is 3.19. The van der Waals surface area contributed by atoms with E-state index in [1.165, 1.54) is 51.4 Å². The molecule has 1 saturated heterocycles. The van der Waals surface area contributed by atoms with Crippen LogP contribution in [-0.2, 0) is 14.3 Å². The smallest absolute Gasteiger partial charge is 0.317 e. The van der Waals surface area contributed by atoms with Crippen molar-refractivity contribution >= 4 is 11.9 Å². The molecular formula is C20H34O3. The second-order valence-corrected chi connectivity index (χ2v) is 6.75. The van der Waals surface area contributed by atoms with Crippen LogP contribution in [-0.4, -0.2) is 11.9 Å². The van der Waals surface area contributed by atoms with Gasteiger partial charge in [0.25, 0.3) is 0 Å². The van der Waals surface area contributed by atoms with E-state index in [2.05, 4.69) is 26.0 Å². The summed E-state index contributed by atoms with van der Waals surface area (Å²) in [5, 5.41) is 0. The third kappa shape index (κ3) is 8.34. The molecule has 0 aromatic rings. The summed E-state index contributed by atoms with van der Waals surface area (Å²) in [6, 6.07) is 0. The molecule has 0 aromatic carbocycles. The van der Waals surface area contributed by atoms with Crippen LogP contribution in [0.15, 0.2) is 12.2 Å². The summed E-state index contributed by atoms with van der Waals surface area (Å²) in [5.74, 6) is -0.758. The Morgan fingerprint density at radius 1 is 1.00 bits per heavy atom. The van der Waals surface area contributed by atoms with Crippen LogP contribution in [0.2, 0.25) is 0 Å². The van der Waals surface area contributed by atoms with Crippen molar-refractivity contribution in [3.05, 3.63) is 12.2 Å². The number of rotatable bonds is 13. The van der Waals surface area contributed by atoms with Gasteiger partial charge >= 0.3 is 11.9 Å². The predicted molar refractivity (Wildman–Crippen MR) is 94.0 cm³/mol. The molecule has 0 amide bonds. The molecule has 3 nitrogen and oxygen atoms in total. The molecule has 0 saturated carbocycles. The first-order valence-electron chi connectivity index (χ1n) is 9.60. The first-order valence-corrected chi connectivity index (χ1v) is 9.60. The van der Waals surface area contributed by atoms with Gasteiger partial charge in [-0.3, -0.25) is 9.59 Å². The lowest BCUT2D eigenvalue weighted by Gasteiger charge is -2.16. The molecule has 0 N–H and O–H groups in total. The maximum atomic E-state index is 11.8. The fraction of sp³-hybridized carbons (Fsp3) is 0.800. The second-order valence-electron chi connectivity index (χ2n) is 6.75. The van der Waals surface area contributed by atoms with Gasteiger partial charge in [0.15, 0.2) is 0 Å². The molecule has 2 unspecified atom stereocenters. The van der Waals surface area contributed by atoms with Crippen molar-refractivity contribution < 1.29 is 14.3 Å². The SMILES string of the molecule is CCCCCCCC/C=C/C(CCCCC)C1CC(=O)OC1=O. The van der Waals surface area contributed by atoms with E-state index in [0.717, 1.165) is 19.3 Å². The first kappa shape index (κ1) is 19.9. The molecule has 1 aliphatic heterocycles. The molecule has 0 aromatic heterocycles. The molecule has 1 fully saturated rings. The average Bonchev–Trinajstić information content (AvgIpc) is 2.86. The third-order valence-electron chi connectivity index (χ3n) is 4.67. The highest BCUT2D eigenvalue weighted by atomic mass is 16.6. The largest absolute Gasteiger partial charge is 0.393 e. The number of hydrogen-bond donors (Lipinski definition) is 0. The maximum Gasteiger partial charge on any atom is 0.317 e. The Balaban J connectivity index is 2.35. The standard InChI is InChI=1S/C20H34O3/c1-3-5-7-8-9-10-11-13-15-17(14-12-6-4-2)18-16-19(21)23-20(18)22/h13,15,17-18H,3-12,14,16H2,1-2H3/b15-13+. The van der Waals surface area contributed by atoms with Gasteiger partial charge in [0.1, 0.15) is 0 Å². The maximum absolute atomic E-state index is 11.8. The lowest BCUT2D eigenvalue weighted by Crippen LogP contribution is -2.18. The highest BCUT2D eigenvalue weighted by Crippen LogP contribution is 2.29. The number of cyclic esters (lactones) is 2. The number of carbonyl (C=O) groups is 2. The topological polar surface area (TPSA) is 43.4 Å². The minimum atomic E-state index is -0.357. The number of ether oxygens (including phenoxy) is 1. The van der Waals surface area contributed by atoms with E-state index in [-0.39, 0.29) is 30.2 Å². The van der Waals surface area contributed by atoms with Gasteiger partial charge in [0.05, 0.1) is 12.3 Å². The van der Waals surface area contributed by atoms with Crippen LogP contribution in [0, 0.1) is 11.8 Å². The Morgan fingerprint density at radius 2 is 1.65 bits per heavy atom. The Hall–Kier alpha value is -1.12. The van der Waals surface area contributed by atoms with Crippen LogP contribution in [0.4, 0.5) is 0 Å². The van der Waals surface area contributed by atoms with Gasteiger partial charge in [0.2, 0.25) is 0 Å². The number of hydrogen-bond acceptors (Lipinski definition) is 3. The minimum Gasteiger partial charge on any atom is -0.393 e. The zero-order chi connectivity index (χ0) is 16.9. The number of unbranched alkanes of at least 4 members (excludes halogenated alkanes) is 8. The van der Waals surface area contributed by atoms with E-state index >= 15 is 0 Å². The van der Waals surface area contributed by atoms with Gasteiger partial charge in [-0.1, -0.05) is 77.4 Å². The van der Waals surface area contributed by atoms with E-state index in [4.69, 9.17) is 4.74 Å². The lowest BCUT2D eigenvalue weighted by atomic mass is 9.86. The molecule has 3 heteroatoms. The Labute approximate surface area is 141 Å². The first-order chi connectivity index (χ1) is 11.2. The number of esters is 2. The van der Waals surface area contributed by atoms with Crippen molar-refractivity contribution in [3.63, 3.8) is 0 Å². The van der Waals surface area contributed by atoms with Gasteiger partial charge in [-0.15, -0.1) is 0 Å². The van der Waals surface area contributed by atoms with Crippen LogP contribution in [0.5, 0.6) is 0 Å². The Morgan fingerprint density at radius 3 is 2.30 bits per heavy atom. The summed E-state index contributed by atoms with van der Waals surface area (Å²) >= 11 is 0. The summed E-state index contributed by atoms with van der Waals surface area (Å²) < 4.78 is 4.73. The van der Waals surface area contributed by atoms with Crippen molar-refractivity contribution in [1.82, 2.24) is 0 Å². The minimum absolute atomic E-state index is 0.167. The fourth-order valence-electron chi connectivity index (χ4n) is 3.19. The quantitative estimate of drug-likeness (QED) is 0.192. The normalized spacial score (nSPS) is 19.5. The van der Waals surface area contributed by atoms with E-state index in [1.807, 2.05) is 0 Å². The highest BCUT2D eigenvalue weighted by molar-refractivity contribution is 5.94. The molecule has 1 rings (SSSR count). The molecule has 2 atom stereocenters. The predicted octanol–water partition coefficient (Wildman–Crippen LogP) is 5.58. The van der Waals surface area contributed by atoms with Crippen LogP contribution in [0.3, 0.4) is 0 Å². The summed E-state index contributed by atoms with van der Waals surface area (Å²) in [5.41, 5.74) is 0. The molecule has 23 heavy (non-hydrogen) atoms. The monoisotopic (exact) mass is 322 g/mol. The molecule has 132 valence electrons. The average molecular weight is 322 g/mol. The van der Waals surface area contributed by atoms with Crippen molar-refractivity contribution in [2.75, 3.05) is 0 Å². The highest BCUT2D eigenvalue weighted by Gasteiger charge is 2.37. The molecule has 0 bridgehead atoms. The van der Waals surface area contributed by atoms with Gasteiger partial charge in [-0.2, -0.15) is 0 Å². The van der Waals surface area contributed by atoms with Gasteiger partial charge < -0.3 is 4.74 Å². The van der Waals surface area contributed by atoms with E-state index in [1.54, 1.807) is 0 Å². The summed E-state index contributed by atoms with van der Waals surface area (Å²) in [7, 11) is 0. The summed E-state index contributed by atoms with van der Waals surface area (Å²) in [4.78, 5) is 23.2. The van der Waals surface area contributed by atoms with Crippen LogP contribution < -0.4 is 0 Å². The van der Waals surface area contributed by atoms with Gasteiger partial charge in [-0.25, -0.2) is 0 Å². The Bertz CT molecular complexity index is 373. The van der Waals surface area contributed by atoms with E-state index in [9.17, 15) is 9.59 Å². The third-order valence-corrected chi connectivity index (χ3v) is 4.67. The summed E-state index contributed by atoms with van der Waals surface area (Å²) in [6.45, 7) is 4.41. The van der Waals surface area contributed by atoms with Crippen molar-refractivity contribution in [2.45, 2.75) is 90.9 Å². The van der Waals surface area contributed by atoms with Crippen molar-refractivity contribution in [1.29, 1.82) is 0 Å². The Kier molecular flexibility index (Phi) is 10.7. The van der Waals surface area contributed by atoms with Crippen LogP contribution in [0.1, 0.15) is 90.9 Å². The molecule has 1 heterocycles. The molecular weight excluding hydrogens is 288 g/mol. The second kappa shape index (κ2) is 12.3. The van der Waals surface area contributed by atoms with E-state index in [0.29, 0.717) is 0 Å². The van der Waals surface area contributed by atoms with E-state index < -0.39 is 0 Å². The van der Waals surface area contributed by atoms with Crippen molar-refractivity contribution in [3.8, 4) is 0 Å². The number of allylic oxidation sites excluding steroid dienone is 2. The lowest BCUT2D eigenvalue weighted by molar-refractivity contribution is -0.153. The number of carbonyl (C=O) groups excluding carboxylic acids is 2. The zero-order valence-corrected chi connectivity index (χ0v) is 15.0. The van der Waals surface area contributed by atoms with Gasteiger partial charge in [-0.05, 0) is 25.2 Å². The molecule has 0 spiro atoms. The molecule has 1 aliphatic rings. The summed E-state index contributed by atoms with van der Waals surface area (Å²) in [6.07, 6.45) is 18.0. The molecule has 0 radical (unpaired) electrons. The van der Waals surface area contributed by atoms with Crippen LogP contribution in [0.25, 0.3) is 0 Å². The van der Waals surface area contributed by atoms with Crippen molar-refractivity contribution in [2.24, 2.45) is 11.8 Å². The van der Waals surface area contributed by atoms with Gasteiger partial charge in [0, 0.05) is 0 Å². The molecule has 0 aliphatic carbocycles.